The van der Waals surface area contributed by atoms with E-state index in [1.165, 1.54) is 6.07 Å². The Hall–Kier alpha value is -2.76. The first-order chi connectivity index (χ1) is 10.9. The normalized spacial score (nSPS) is 11.8. The molecule has 2 aromatic carbocycles. The van der Waals surface area contributed by atoms with Crippen LogP contribution in [0, 0.1) is 11.6 Å². The van der Waals surface area contributed by atoms with E-state index in [0.717, 1.165) is 22.6 Å². The highest BCUT2D eigenvalue weighted by molar-refractivity contribution is 5.97. The minimum atomic E-state index is -0.982. The summed E-state index contributed by atoms with van der Waals surface area (Å²) in [6.07, 6.45) is 0. The molecule has 4 nitrogen and oxygen atoms in total. The van der Waals surface area contributed by atoms with Gasteiger partial charge in [0.05, 0.1) is 6.04 Å². The highest BCUT2D eigenvalue weighted by Crippen LogP contribution is 2.24. The summed E-state index contributed by atoms with van der Waals surface area (Å²) in [6.45, 7) is 1.22. The molecule has 0 bridgehead atoms. The number of benzene rings is 2. The van der Waals surface area contributed by atoms with Gasteiger partial charge in [0, 0.05) is 0 Å². The van der Waals surface area contributed by atoms with Gasteiger partial charge in [-0.2, -0.15) is 0 Å². The van der Waals surface area contributed by atoms with Crippen LogP contribution >= 0.6 is 0 Å². The van der Waals surface area contributed by atoms with Crippen LogP contribution in [-0.2, 0) is 4.79 Å². The molecule has 1 unspecified atom stereocenters. The van der Waals surface area contributed by atoms with Crippen LogP contribution < -0.4 is 5.73 Å². The number of primary amides is 1. The molecule has 2 amide bonds. The largest absolute Gasteiger partial charge is 0.368 e. The Kier molecular flexibility index (Phi) is 5.05. The number of rotatable bonds is 5. The smallest absolute Gasteiger partial charge is 0.260 e. The van der Waals surface area contributed by atoms with Crippen LogP contribution in [0.5, 0.6) is 0 Å². The van der Waals surface area contributed by atoms with Crippen molar-refractivity contribution in [2.75, 3.05) is 6.54 Å². The number of nitrogens with two attached hydrogens (primary N) is 1. The summed E-state index contributed by atoms with van der Waals surface area (Å²) in [6, 6.07) is 11.4. The van der Waals surface area contributed by atoms with Crippen molar-refractivity contribution in [3.05, 3.63) is 71.3 Å². The zero-order chi connectivity index (χ0) is 17.0. The van der Waals surface area contributed by atoms with Crippen LogP contribution in [0.2, 0.25) is 0 Å². The predicted molar refractivity (Wildman–Crippen MR) is 81.4 cm³/mol. The van der Waals surface area contributed by atoms with Gasteiger partial charge in [0.25, 0.3) is 5.91 Å². The molecule has 1 atom stereocenters. The molecule has 0 aliphatic heterocycles. The van der Waals surface area contributed by atoms with E-state index in [-0.39, 0.29) is 0 Å². The van der Waals surface area contributed by atoms with Gasteiger partial charge >= 0.3 is 0 Å². The molecule has 0 aliphatic rings. The molecular formula is C17H16F2N2O2. The minimum absolute atomic E-state index is 0.442. The Labute approximate surface area is 132 Å². The molecule has 6 heteroatoms. The third kappa shape index (κ3) is 3.71. The van der Waals surface area contributed by atoms with E-state index >= 15 is 0 Å². The molecular weight excluding hydrogens is 302 g/mol. The van der Waals surface area contributed by atoms with Crippen molar-refractivity contribution >= 4 is 11.8 Å². The average Bonchev–Trinajstić information content (AvgIpc) is 2.52. The summed E-state index contributed by atoms with van der Waals surface area (Å²) in [7, 11) is 0. The van der Waals surface area contributed by atoms with Crippen LogP contribution in [0.25, 0.3) is 0 Å². The molecule has 2 aromatic rings. The first kappa shape index (κ1) is 16.6. The molecule has 120 valence electrons. The molecule has 0 aliphatic carbocycles. The average molecular weight is 318 g/mol. The summed E-state index contributed by atoms with van der Waals surface area (Å²) < 4.78 is 27.7. The predicted octanol–water partition coefficient (Wildman–Crippen LogP) is 2.65. The van der Waals surface area contributed by atoms with Crippen LogP contribution in [0.3, 0.4) is 0 Å². The van der Waals surface area contributed by atoms with Crippen molar-refractivity contribution in [1.82, 2.24) is 4.90 Å². The molecule has 0 radical (unpaired) electrons. The van der Waals surface area contributed by atoms with E-state index in [4.69, 9.17) is 5.73 Å². The lowest BCUT2D eigenvalue weighted by atomic mass is 10.0. The fraction of sp³-hybridized carbons (Fsp3) is 0.176. The minimum Gasteiger partial charge on any atom is -0.368 e. The van der Waals surface area contributed by atoms with Crippen LogP contribution in [0.1, 0.15) is 28.9 Å². The number of hydrogen-bond acceptors (Lipinski definition) is 2. The van der Waals surface area contributed by atoms with Crippen molar-refractivity contribution in [3.63, 3.8) is 0 Å². The number of nitrogens with zero attached hydrogens (tertiary/aromatic N) is 1. The van der Waals surface area contributed by atoms with Gasteiger partial charge in [-0.1, -0.05) is 36.4 Å². The molecule has 0 spiro atoms. The Morgan fingerprint density at radius 1 is 1.04 bits per heavy atom. The zero-order valence-electron chi connectivity index (χ0n) is 12.5. The first-order valence-corrected chi connectivity index (χ1v) is 7.00. The Balaban J connectivity index is 2.42. The van der Waals surface area contributed by atoms with Crippen LogP contribution in [-0.4, -0.2) is 23.3 Å². The van der Waals surface area contributed by atoms with Gasteiger partial charge in [0.15, 0.2) is 0 Å². The van der Waals surface area contributed by atoms with Crippen LogP contribution in [0.4, 0.5) is 8.78 Å². The van der Waals surface area contributed by atoms with Gasteiger partial charge in [-0.3, -0.25) is 9.59 Å². The van der Waals surface area contributed by atoms with Crippen molar-refractivity contribution in [1.29, 1.82) is 0 Å². The SMILES string of the molecule is CC(c1ccccc1)N(CC(N)=O)C(=O)c1c(F)cccc1F. The molecule has 0 fully saturated rings. The maximum Gasteiger partial charge on any atom is 0.260 e. The van der Waals surface area contributed by atoms with Gasteiger partial charge in [0.2, 0.25) is 5.91 Å². The van der Waals surface area contributed by atoms with E-state index < -0.39 is 41.6 Å². The number of amides is 2. The monoisotopic (exact) mass is 318 g/mol. The highest BCUT2D eigenvalue weighted by atomic mass is 19.1. The molecule has 23 heavy (non-hydrogen) atoms. The standard InChI is InChI=1S/C17H16F2N2O2/c1-11(12-6-3-2-4-7-12)21(10-15(20)22)17(23)16-13(18)8-5-9-14(16)19/h2-9,11H,10H2,1H3,(H2,20,22). The second-order valence-corrected chi connectivity index (χ2v) is 5.08. The van der Waals surface area contributed by atoms with Crippen molar-refractivity contribution in [2.24, 2.45) is 5.73 Å². The van der Waals surface area contributed by atoms with Gasteiger partial charge in [0.1, 0.15) is 23.7 Å². The second-order valence-electron chi connectivity index (χ2n) is 5.08. The summed E-state index contributed by atoms with van der Waals surface area (Å²) in [5.74, 6) is -3.65. The number of carbonyl (C=O) groups excluding carboxylic acids is 2. The van der Waals surface area contributed by atoms with E-state index in [1.807, 2.05) is 0 Å². The number of hydrogen-bond donors (Lipinski definition) is 1. The van der Waals surface area contributed by atoms with Crippen molar-refractivity contribution < 1.29 is 18.4 Å². The second kappa shape index (κ2) is 7.00. The third-order valence-corrected chi connectivity index (χ3v) is 3.51. The maximum atomic E-state index is 13.9. The maximum absolute atomic E-state index is 13.9. The Morgan fingerprint density at radius 2 is 1.61 bits per heavy atom. The molecule has 2 N–H and O–H groups in total. The third-order valence-electron chi connectivity index (χ3n) is 3.51. The van der Waals surface area contributed by atoms with Gasteiger partial charge in [-0.05, 0) is 24.6 Å². The quantitative estimate of drug-likeness (QED) is 0.921. The number of halogens is 2. The van der Waals surface area contributed by atoms with Gasteiger partial charge in [-0.15, -0.1) is 0 Å². The topological polar surface area (TPSA) is 63.4 Å². The highest BCUT2D eigenvalue weighted by Gasteiger charge is 2.28. The van der Waals surface area contributed by atoms with Gasteiger partial charge in [-0.25, -0.2) is 8.78 Å². The summed E-state index contributed by atoms with van der Waals surface area (Å²) >= 11 is 0. The van der Waals surface area contributed by atoms with Crippen molar-refractivity contribution in [3.8, 4) is 0 Å². The molecule has 0 heterocycles. The molecule has 0 aromatic heterocycles. The fourth-order valence-electron chi connectivity index (χ4n) is 2.31. The van der Waals surface area contributed by atoms with E-state index in [2.05, 4.69) is 0 Å². The Bertz CT molecular complexity index is 700. The number of carbonyl (C=O) groups is 2. The van der Waals surface area contributed by atoms with E-state index in [9.17, 15) is 18.4 Å². The first-order valence-electron chi connectivity index (χ1n) is 7.00. The lowest BCUT2D eigenvalue weighted by molar-refractivity contribution is -0.119. The lowest BCUT2D eigenvalue weighted by Crippen LogP contribution is -2.40. The van der Waals surface area contributed by atoms with Crippen LogP contribution in [0.15, 0.2) is 48.5 Å². The fourth-order valence-corrected chi connectivity index (χ4v) is 2.31. The zero-order valence-corrected chi connectivity index (χ0v) is 12.5. The molecule has 0 saturated carbocycles. The summed E-state index contributed by atoms with van der Waals surface area (Å²) in [4.78, 5) is 24.9. The lowest BCUT2D eigenvalue weighted by Gasteiger charge is -2.28. The van der Waals surface area contributed by atoms with E-state index in [1.54, 1.807) is 37.3 Å². The van der Waals surface area contributed by atoms with Gasteiger partial charge < -0.3 is 10.6 Å². The Morgan fingerprint density at radius 3 is 2.13 bits per heavy atom. The summed E-state index contributed by atoms with van der Waals surface area (Å²) in [5.41, 5.74) is 5.20. The molecule has 0 saturated heterocycles. The molecule has 2 rings (SSSR count). The van der Waals surface area contributed by atoms with E-state index in [0.29, 0.717) is 0 Å². The van der Waals surface area contributed by atoms with Crippen molar-refractivity contribution in [2.45, 2.75) is 13.0 Å². The summed E-state index contributed by atoms with van der Waals surface area (Å²) in [5, 5.41) is 0.